The largest absolute Gasteiger partial charge is 0.481 e. The SMILES string of the molecule is O=C(O)CCCCCNCC1(C2CC2)CC1. The molecule has 2 aliphatic carbocycles. The van der Waals surface area contributed by atoms with Crippen LogP contribution in [0.15, 0.2) is 0 Å². The molecule has 0 amide bonds. The normalized spacial score (nSPS) is 22.0. The van der Waals surface area contributed by atoms with Crippen LogP contribution in [0.1, 0.15) is 51.4 Å². The molecule has 0 aromatic rings. The van der Waals surface area contributed by atoms with Crippen molar-refractivity contribution < 1.29 is 9.90 Å². The fourth-order valence-electron chi connectivity index (χ4n) is 2.63. The quantitative estimate of drug-likeness (QED) is 0.592. The van der Waals surface area contributed by atoms with Crippen LogP contribution in [0.3, 0.4) is 0 Å². The summed E-state index contributed by atoms with van der Waals surface area (Å²) in [7, 11) is 0. The molecule has 0 unspecified atom stereocenters. The lowest BCUT2D eigenvalue weighted by Crippen LogP contribution is -2.26. The van der Waals surface area contributed by atoms with Crippen LogP contribution in [0, 0.1) is 11.3 Å². The van der Waals surface area contributed by atoms with Gasteiger partial charge in [0.05, 0.1) is 0 Å². The molecule has 2 aliphatic rings. The van der Waals surface area contributed by atoms with Gasteiger partial charge < -0.3 is 10.4 Å². The third-order valence-electron chi connectivity index (χ3n) is 4.06. The highest BCUT2D eigenvalue weighted by molar-refractivity contribution is 5.66. The number of unbranched alkanes of at least 4 members (excludes halogenated alkanes) is 2. The molecule has 0 spiro atoms. The molecule has 2 fully saturated rings. The molecular formula is C13H23NO2. The number of hydrogen-bond donors (Lipinski definition) is 2. The Morgan fingerprint density at radius 3 is 2.56 bits per heavy atom. The van der Waals surface area contributed by atoms with E-state index in [1.807, 2.05) is 0 Å². The van der Waals surface area contributed by atoms with E-state index in [-0.39, 0.29) is 0 Å². The van der Waals surface area contributed by atoms with Gasteiger partial charge in [0.1, 0.15) is 0 Å². The first-order chi connectivity index (χ1) is 7.73. The summed E-state index contributed by atoms with van der Waals surface area (Å²) in [6.07, 6.45) is 9.09. The molecule has 3 nitrogen and oxygen atoms in total. The third kappa shape index (κ3) is 3.48. The number of nitrogens with one attached hydrogen (secondary N) is 1. The van der Waals surface area contributed by atoms with Crippen molar-refractivity contribution in [2.45, 2.75) is 51.4 Å². The fraction of sp³-hybridized carbons (Fsp3) is 0.923. The number of carboxylic acid groups (broad SMARTS) is 1. The van der Waals surface area contributed by atoms with Gasteiger partial charge >= 0.3 is 5.97 Å². The first-order valence-electron chi connectivity index (χ1n) is 6.65. The van der Waals surface area contributed by atoms with E-state index in [0.29, 0.717) is 11.8 Å². The maximum Gasteiger partial charge on any atom is 0.303 e. The maximum absolute atomic E-state index is 10.3. The summed E-state index contributed by atoms with van der Waals surface area (Å²) in [4.78, 5) is 10.3. The van der Waals surface area contributed by atoms with Gasteiger partial charge in [0.15, 0.2) is 0 Å². The molecule has 0 atom stereocenters. The molecule has 2 saturated carbocycles. The Bertz CT molecular complexity index is 244. The lowest BCUT2D eigenvalue weighted by molar-refractivity contribution is -0.137. The van der Waals surface area contributed by atoms with Gasteiger partial charge in [-0.15, -0.1) is 0 Å². The van der Waals surface area contributed by atoms with Gasteiger partial charge in [0, 0.05) is 13.0 Å². The Kier molecular flexibility index (Phi) is 3.85. The second-order valence-corrected chi connectivity index (χ2v) is 5.52. The van der Waals surface area contributed by atoms with E-state index in [1.54, 1.807) is 0 Å². The summed E-state index contributed by atoms with van der Waals surface area (Å²) in [6, 6.07) is 0. The number of aliphatic carboxylic acids is 1. The molecular weight excluding hydrogens is 202 g/mol. The van der Waals surface area contributed by atoms with Crippen LogP contribution >= 0.6 is 0 Å². The van der Waals surface area contributed by atoms with Crippen LogP contribution in [0.25, 0.3) is 0 Å². The summed E-state index contributed by atoms with van der Waals surface area (Å²) in [6.45, 7) is 2.27. The average Bonchev–Trinajstić information content (AvgIpc) is 3.09. The van der Waals surface area contributed by atoms with Crippen molar-refractivity contribution in [3.63, 3.8) is 0 Å². The average molecular weight is 225 g/mol. The molecule has 0 saturated heterocycles. The van der Waals surface area contributed by atoms with E-state index in [4.69, 9.17) is 5.11 Å². The maximum atomic E-state index is 10.3. The van der Waals surface area contributed by atoms with Crippen LogP contribution in [-0.2, 0) is 4.79 Å². The summed E-state index contributed by atoms with van der Waals surface area (Å²) < 4.78 is 0. The van der Waals surface area contributed by atoms with Crippen LogP contribution in [0.4, 0.5) is 0 Å². The van der Waals surface area contributed by atoms with Gasteiger partial charge in [-0.25, -0.2) is 0 Å². The summed E-state index contributed by atoms with van der Waals surface area (Å²) >= 11 is 0. The molecule has 2 rings (SSSR count). The standard InChI is InChI=1S/C13H23NO2/c15-12(16)4-2-1-3-9-14-10-13(7-8-13)11-5-6-11/h11,14H,1-10H2,(H,15,16). The third-order valence-corrected chi connectivity index (χ3v) is 4.06. The molecule has 0 heterocycles. The van der Waals surface area contributed by atoms with Crippen molar-refractivity contribution in [2.75, 3.05) is 13.1 Å². The van der Waals surface area contributed by atoms with Gasteiger partial charge in [-0.05, 0) is 56.4 Å². The zero-order valence-corrected chi connectivity index (χ0v) is 10.0. The highest BCUT2D eigenvalue weighted by atomic mass is 16.4. The topological polar surface area (TPSA) is 49.3 Å². The minimum atomic E-state index is -0.668. The monoisotopic (exact) mass is 225 g/mol. The lowest BCUT2D eigenvalue weighted by atomic mass is 10.0. The van der Waals surface area contributed by atoms with Crippen molar-refractivity contribution in [1.29, 1.82) is 0 Å². The first-order valence-corrected chi connectivity index (χ1v) is 6.65. The van der Waals surface area contributed by atoms with Crippen LogP contribution < -0.4 is 5.32 Å². The first kappa shape index (κ1) is 11.9. The Labute approximate surface area is 97.6 Å². The number of hydrogen-bond acceptors (Lipinski definition) is 2. The van der Waals surface area contributed by atoms with Crippen molar-refractivity contribution in [1.82, 2.24) is 5.32 Å². The second-order valence-electron chi connectivity index (χ2n) is 5.52. The predicted octanol–water partition coefficient (Wildman–Crippen LogP) is 2.41. The Balaban J connectivity index is 1.42. The van der Waals surface area contributed by atoms with Gasteiger partial charge in [0.25, 0.3) is 0 Å². The molecule has 92 valence electrons. The minimum absolute atomic E-state index is 0.325. The van der Waals surface area contributed by atoms with E-state index < -0.39 is 5.97 Å². The van der Waals surface area contributed by atoms with E-state index in [9.17, 15) is 4.79 Å². The van der Waals surface area contributed by atoms with Crippen molar-refractivity contribution >= 4 is 5.97 Å². The van der Waals surface area contributed by atoms with E-state index in [0.717, 1.165) is 31.7 Å². The summed E-state index contributed by atoms with van der Waals surface area (Å²) in [5.74, 6) is 0.366. The number of carbonyl (C=O) groups is 1. The fourth-order valence-corrected chi connectivity index (χ4v) is 2.63. The van der Waals surface area contributed by atoms with Crippen LogP contribution in [-0.4, -0.2) is 24.2 Å². The lowest BCUT2D eigenvalue weighted by Gasteiger charge is -2.14. The highest BCUT2D eigenvalue weighted by Gasteiger charge is 2.52. The summed E-state index contributed by atoms with van der Waals surface area (Å²) in [5, 5.41) is 12.0. The number of rotatable bonds is 9. The predicted molar refractivity (Wildman–Crippen MR) is 63.4 cm³/mol. The minimum Gasteiger partial charge on any atom is -0.481 e. The van der Waals surface area contributed by atoms with Crippen molar-refractivity contribution in [2.24, 2.45) is 11.3 Å². The highest BCUT2D eigenvalue weighted by Crippen LogP contribution is 2.60. The molecule has 0 aromatic carbocycles. The second kappa shape index (κ2) is 5.17. The Morgan fingerprint density at radius 2 is 2.00 bits per heavy atom. The van der Waals surface area contributed by atoms with E-state index in [1.165, 1.54) is 32.2 Å². The molecule has 0 bridgehead atoms. The van der Waals surface area contributed by atoms with E-state index >= 15 is 0 Å². The molecule has 0 radical (unpaired) electrons. The molecule has 16 heavy (non-hydrogen) atoms. The van der Waals surface area contributed by atoms with Gasteiger partial charge in [-0.3, -0.25) is 4.79 Å². The molecule has 0 aromatic heterocycles. The Morgan fingerprint density at radius 1 is 1.25 bits per heavy atom. The van der Waals surface area contributed by atoms with E-state index in [2.05, 4.69) is 5.32 Å². The van der Waals surface area contributed by atoms with Gasteiger partial charge in [-0.1, -0.05) is 6.42 Å². The molecule has 0 aliphatic heterocycles. The zero-order chi connectivity index (χ0) is 11.4. The van der Waals surface area contributed by atoms with Crippen molar-refractivity contribution in [3.05, 3.63) is 0 Å². The Hall–Kier alpha value is -0.570. The zero-order valence-electron chi connectivity index (χ0n) is 10.0. The molecule has 3 heteroatoms. The van der Waals surface area contributed by atoms with Crippen LogP contribution in [0.2, 0.25) is 0 Å². The number of carboxylic acids is 1. The van der Waals surface area contributed by atoms with Crippen LogP contribution in [0.5, 0.6) is 0 Å². The van der Waals surface area contributed by atoms with Gasteiger partial charge in [-0.2, -0.15) is 0 Å². The van der Waals surface area contributed by atoms with Gasteiger partial charge in [0.2, 0.25) is 0 Å². The van der Waals surface area contributed by atoms with Crippen molar-refractivity contribution in [3.8, 4) is 0 Å². The summed E-state index contributed by atoms with van der Waals surface area (Å²) in [5.41, 5.74) is 0.696. The molecule has 2 N–H and O–H groups in total. The smallest absolute Gasteiger partial charge is 0.303 e.